The Balaban J connectivity index is 1.48. The van der Waals surface area contributed by atoms with Gasteiger partial charge in [-0.15, -0.1) is 0 Å². The first kappa shape index (κ1) is 23.8. The van der Waals surface area contributed by atoms with Crippen molar-refractivity contribution in [2.24, 2.45) is 0 Å². The Hall–Kier alpha value is -4.32. The molecule has 0 N–H and O–H groups in total. The molecular formula is C33H26FN. The normalized spacial score (nSPS) is 10.1. The molecule has 0 aliphatic carbocycles. The first-order chi connectivity index (χ1) is 17.2. The lowest BCUT2D eigenvalue weighted by molar-refractivity contribution is 0.636. The molecule has 0 unspecified atom stereocenters. The zero-order valence-electron chi connectivity index (χ0n) is 19.9. The van der Waals surface area contributed by atoms with Crippen LogP contribution in [0.4, 0.5) is 4.39 Å². The minimum atomic E-state index is -0.335. The van der Waals surface area contributed by atoms with Gasteiger partial charge in [-0.25, -0.2) is 4.39 Å². The van der Waals surface area contributed by atoms with E-state index in [9.17, 15) is 0 Å². The number of aryl methyl sites for hydroxylation is 1. The topological polar surface area (TPSA) is 23.8 Å². The molecule has 0 atom stereocenters. The number of hydrogen-bond donors (Lipinski definition) is 0. The molecule has 170 valence electrons. The molecule has 0 saturated heterocycles. The molecular weight excluding hydrogens is 429 g/mol. The highest BCUT2D eigenvalue weighted by Crippen LogP contribution is 2.22. The predicted molar refractivity (Wildman–Crippen MR) is 141 cm³/mol. The van der Waals surface area contributed by atoms with Crippen molar-refractivity contribution >= 4 is 10.8 Å². The molecule has 4 aromatic rings. The van der Waals surface area contributed by atoms with Crippen LogP contribution in [0.3, 0.4) is 0 Å². The quantitative estimate of drug-likeness (QED) is 0.223. The maximum absolute atomic E-state index is 15.1. The molecule has 0 aliphatic rings. The molecule has 0 saturated carbocycles. The number of rotatable bonds is 5. The van der Waals surface area contributed by atoms with Gasteiger partial charge in [-0.2, -0.15) is 5.26 Å². The summed E-state index contributed by atoms with van der Waals surface area (Å²) >= 11 is 0. The van der Waals surface area contributed by atoms with Gasteiger partial charge in [0.2, 0.25) is 0 Å². The van der Waals surface area contributed by atoms with Gasteiger partial charge >= 0.3 is 0 Å². The van der Waals surface area contributed by atoms with Gasteiger partial charge < -0.3 is 0 Å². The lowest BCUT2D eigenvalue weighted by Gasteiger charge is -2.03. The summed E-state index contributed by atoms with van der Waals surface area (Å²) in [4.78, 5) is 0. The van der Waals surface area contributed by atoms with E-state index in [2.05, 4.69) is 60.9 Å². The lowest BCUT2D eigenvalue weighted by Crippen LogP contribution is -1.88. The third-order valence-corrected chi connectivity index (χ3v) is 5.93. The Morgan fingerprint density at radius 3 is 2.00 bits per heavy atom. The van der Waals surface area contributed by atoms with Gasteiger partial charge in [0.15, 0.2) is 0 Å². The standard InChI is InChI=1S/C33H26FN/c1-2-3-4-5-6-25-7-9-26(10-8-25)11-14-28-18-22-32-31(23-28)21-20-30(33(32)34)19-17-27-12-15-29(24-35)16-13-27/h7-10,12-13,15-16,18,20-23H,2-6H2,1H3. The van der Waals surface area contributed by atoms with Crippen LogP contribution in [0.15, 0.2) is 78.9 Å². The summed E-state index contributed by atoms with van der Waals surface area (Å²) in [6, 6.07) is 26.5. The zero-order chi connectivity index (χ0) is 24.5. The van der Waals surface area contributed by atoms with Gasteiger partial charge in [0.1, 0.15) is 5.82 Å². The van der Waals surface area contributed by atoms with Crippen molar-refractivity contribution in [3.8, 4) is 29.8 Å². The van der Waals surface area contributed by atoms with E-state index in [-0.39, 0.29) is 5.82 Å². The maximum atomic E-state index is 15.1. The van der Waals surface area contributed by atoms with Crippen LogP contribution in [0.1, 0.15) is 66.0 Å². The van der Waals surface area contributed by atoms with Crippen molar-refractivity contribution in [1.82, 2.24) is 0 Å². The number of unbranched alkanes of at least 4 members (excludes halogenated alkanes) is 3. The number of benzene rings is 4. The van der Waals surface area contributed by atoms with Crippen LogP contribution in [0.2, 0.25) is 0 Å². The molecule has 0 fully saturated rings. The Labute approximate surface area is 207 Å². The van der Waals surface area contributed by atoms with Crippen molar-refractivity contribution in [3.05, 3.63) is 118 Å². The Morgan fingerprint density at radius 1 is 0.657 bits per heavy atom. The number of fused-ring (bicyclic) bond motifs is 1. The van der Waals surface area contributed by atoms with Gasteiger partial charge in [-0.1, -0.05) is 74.1 Å². The molecule has 4 rings (SSSR count). The lowest BCUT2D eigenvalue weighted by atomic mass is 10.0. The fourth-order valence-corrected chi connectivity index (χ4v) is 3.89. The Kier molecular flexibility index (Phi) is 7.96. The summed E-state index contributed by atoms with van der Waals surface area (Å²) in [5.74, 6) is 12.0. The summed E-state index contributed by atoms with van der Waals surface area (Å²) in [6.07, 6.45) is 6.18. The van der Waals surface area contributed by atoms with Crippen molar-refractivity contribution in [2.45, 2.75) is 39.0 Å². The van der Waals surface area contributed by atoms with Gasteiger partial charge in [0, 0.05) is 22.1 Å². The Bertz CT molecular complexity index is 1480. The molecule has 35 heavy (non-hydrogen) atoms. The average molecular weight is 456 g/mol. The van der Waals surface area contributed by atoms with E-state index >= 15 is 4.39 Å². The van der Waals surface area contributed by atoms with Crippen molar-refractivity contribution in [1.29, 1.82) is 5.26 Å². The van der Waals surface area contributed by atoms with Crippen LogP contribution in [0, 0.1) is 40.8 Å². The molecule has 0 spiro atoms. The highest BCUT2D eigenvalue weighted by molar-refractivity contribution is 5.86. The van der Waals surface area contributed by atoms with E-state index in [1.54, 1.807) is 36.4 Å². The molecule has 0 aliphatic heterocycles. The molecule has 0 bridgehead atoms. The van der Waals surface area contributed by atoms with Crippen LogP contribution in [-0.4, -0.2) is 0 Å². The highest BCUT2D eigenvalue weighted by Gasteiger charge is 2.06. The van der Waals surface area contributed by atoms with Crippen LogP contribution >= 0.6 is 0 Å². The van der Waals surface area contributed by atoms with E-state index < -0.39 is 0 Å². The van der Waals surface area contributed by atoms with Crippen molar-refractivity contribution in [2.75, 3.05) is 0 Å². The maximum Gasteiger partial charge on any atom is 0.146 e. The predicted octanol–water partition coefficient (Wildman–Crippen LogP) is 7.77. The third kappa shape index (κ3) is 6.38. The number of hydrogen-bond acceptors (Lipinski definition) is 1. The molecule has 2 heteroatoms. The minimum absolute atomic E-state index is 0.335. The van der Waals surface area contributed by atoms with Gasteiger partial charge in [-0.3, -0.25) is 0 Å². The van der Waals surface area contributed by atoms with E-state index in [0.29, 0.717) is 16.5 Å². The summed E-state index contributed by atoms with van der Waals surface area (Å²) in [5, 5.41) is 10.2. The molecule has 0 radical (unpaired) electrons. The first-order valence-electron chi connectivity index (χ1n) is 12.0. The average Bonchev–Trinajstić information content (AvgIpc) is 2.90. The molecule has 0 heterocycles. The molecule has 4 aromatic carbocycles. The van der Waals surface area contributed by atoms with Gasteiger partial charge in [-0.05, 0) is 78.4 Å². The summed E-state index contributed by atoms with van der Waals surface area (Å²) in [7, 11) is 0. The zero-order valence-corrected chi connectivity index (χ0v) is 19.9. The van der Waals surface area contributed by atoms with E-state index in [1.807, 2.05) is 18.2 Å². The van der Waals surface area contributed by atoms with Crippen molar-refractivity contribution in [3.63, 3.8) is 0 Å². The van der Waals surface area contributed by atoms with Crippen LogP contribution in [0.25, 0.3) is 10.8 Å². The van der Waals surface area contributed by atoms with Crippen LogP contribution in [-0.2, 0) is 6.42 Å². The number of nitrogens with zero attached hydrogens (tertiary/aromatic N) is 1. The van der Waals surface area contributed by atoms with Gasteiger partial charge in [0.25, 0.3) is 0 Å². The van der Waals surface area contributed by atoms with E-state index in [4.69, 9.17) is 5.26 Å². The molecule has 0 amide bonds. The van der Waals surface area contributed by atoms with Crippen LogP contribution < -0.4 is 0 Å². The summed E-state index contributed by atoms with van der Waals surface area (Å²) < 4.78 is 15.1. The smallest absolute Gasteiger partial charge is 0.146 e. The first-order valence-corrected chi connectivity index (χ1v) is 12.0. The second-order valence-electron chi connectivity index (χ2n) is 8.56. The molecule has 0 aromatic heterocycles. The highest BCUT2D eigenvalue weighted by atomic mass is 19.1. The third-order valence-electron chi connectivity index (χ3n) is 5.93. The summed E-state index contributed by atoms with van der Waals surface area (Å²) in [6.45, 7) is 2.23. The Morgan fingerprint density at radius 2 is 1.29 bits per heavy atom. The summed E-state index contributed by atoms with van der Waals surface area (Å²) in [5.41, 5.74) is 4.82. The monoisotopic (exact) mass is 455 g/mol. The van der Waals surface area contributed by atoms with Gasteiger partial charge in [0.05, 0.1) is 17.2 Å². The van der Waals surface area contributed by atoms with Crippen LogP contribution in [0.5, 0.6) is 0 Å². The molecule has 1 nitrogen and oxygen atoms in total. The second kappa shape index (κ2) is 11.7. The van der Waals surface area contributed by atoms with Crippen molar-refractivity contribution < 1.29 is 4.39 Å². The van der Waals surface area contributed by atoms with E-state index in [1.165, 1.54) is 31.2 Å². The SMILES string of the molecule is CCCCCCc1ccc(C#Cc2ccc3c(F)c(C#Cc4ccc(C#N)cc4)ccc3c2)cc1. The number of halogens is 1. The largest absolute Gasteiger partial charge is 0.205 e. The fraction of sp³-hybridized carbons (Fsp3) is 0.182. The minimum Gasteiger partial charge on any atom is -0.205 e. The fourth-order valence-electron chi connectivity index (χ4n) is 3.89. The second-order valence-corrected chi connectivity index (χ2v) is 8.56. The number of nitriles is 1. The van der Waals surface area contributed by atoms with E-state index in [0.717, 1.165) is 28.5 Å².